The third-order valence-corrected chi connectivity index (χ3v) is 7.51. The fourth-order valence-corrected chi connectivity index (χ4v) is 5.23. The summed E-state index contributed by atoms with van der Waals surface area (Å²) < 4.78 is 3.61. The predicted molar refractivity (Wildman–Crippen MR) is 130 cm³/mol. The zero-order valence-corrected chi connectivity index (χ0v) is 20.2. The standard InChI is InChI=1S/C24H21Br2I/c25-22-7-1-16(2-8-22)19-13-20(17-3-9-23(26)10-4-17)15-21(14-19)18-5-11-24(27)12-6-18/h1-12,19-21H,13-15H2/t19-,20?,21?/m1/s1. The van der Waals surface area contributed by atoms with Gasteiger partial charge in [-0.2, -0.15) is 0 Å². The van der Waals surface area contributed by atoms with Crippen molar-refractivity contribution in [3.05, 3.63) is 102 Å². The maximum Gasteiger partial charge on any atom is 0.0175 e. The average molecular weight is 596 g/mol. The van der Waals surface area contributed by atoms with Crippen LogP contribution in [-0.2, 0) is 0 Å². The van der Waals surface area contributed by atoms with Crippen LogP contribution in [0.15, 0.2) is 81.7 Å². The van der Waals surface area contributed by atoms with E-state index in [0.717, 1.165) is 8.95 Å². The van der Waals surface area contributed by atoms with E-state index in [1.807, 2.05) is 0 Å². The molecular formula is C24H21Br2I. The van der Waals surface area contributed by atoms with Gasteiger partial charge in [0, 0.05) is 12.5 Å². The number of halogens is 3. The first-order valence-corrected chi connectivity index (χ1v) is 12.0. The molecule has 0 radical (unpaired) electrons. The summed E-state index contributed by atoms with van der Waals surface area (Å²) >= 11 is 9.54. The van der Waals surface area contributed by atoms with Gasteiger partial charge in [0.05, 0.1) is 0 Å². The van der Waals surface area contributed by atoms with Crippen LogP contribution < -0.4 is 0 Å². The second kappa shape index (κ2) is 8.79. The minimum Gasteiger partial charge on any atom is -0.0577 e. The molecule has 1 aliphatic carbocycles. The summed E-state index contributed by atoms with van der Waals surface area (Å²) in [5, 5.41) is 0. The summed E-state index contributed by atoms with van der Waals surface area (Å²) in [7, 11) is 0. The molecule has 27 heavy (non-hydrogen) atoms. The highest BCUT2D eigenvalue weighted by atomic mass is 127. The van der Waals surface area contributed by atoms with Crippen molar-refractivity contribution < 1.29 is 0 Å². The largest absolute Gasteiger partial charge is 0.0577 e. The molecule has 0 aromatic heterocycles. The van der Waals surface area contributed by atoms with Gasteiger partial charge in [-0.05, 0) is 113 Å². The van der Waals surface area contributed by atoms with Gasteiger partial charge in [-0.3, -0.25) is 0 Å². The molecular weight excluding hydrogens is 575 g/mol. The van der Waals surface area contributed by atoms with Gasteiger partial charge in [-0.25, -0.2) is 0 Å². The number of benzene rings is 3. The summed E-state index contributed by atoms with van der Waals surface area (Å²) in [4.78, 5) is 0. The number of hydrogen-bond donors (Lipinski definition) is 0. The SMILES string of the molecule is Brc1ccc(C2CC(c3ccc(I)cc3)C[C@H](c3ccc(Br)cc3)C2)cc1. The van der Waals surface area contributed by atoms with Crippen molar-refractivity contribution in [3.63, 3.8) is 0 Å². The zero-order chi connectivity index (χ0) is 18.8. The summed E-state index contributed by atoms with van der Waals surface area (Å²) in [6, 6.07) is 27.0. The van der Waals surface area contributed by atoms with Crippen molar-refractivity contribution in [2.75, 3.05) is 0 Å². The van der Waals surface area contributed by atoms with Crippen LogP contribution in [0.4, 0.5) is 0 Å². The van der Waals surface area contributed by atoms with Gasteiger partial charge in [0.15, 0.2) is 0 Å². The van der Waals surface area contributed by atoms with E-state index in [9.17, 15) is 0 Å². The van der Waals surface area contributed by atoms with Crippen LogP contribution in [0.2, 0.25) is 0 Å². The Morgan fingerprint density at radius 3 is 1.15 bits per heavy atom. The third-order valence-electron chi connectivity index (χ3n) is 5.73. The molecule has 1 fully saturated rings. The van der Waals surface area contributed by atoms with E-state index in [1.165, 1.54) is 39.5 Å². The number of rotatable bonds is 3. The highest BCUT2D eigenvalue weighted by Crippen LogP contribution is 2.48. The lowest BCUT2D eigenvalue weighted by atomic mass is 9.68. The van der Waals surface area contributed by atoms with E-state index < -0.39 is 0 Å². The zero-order valence-electron chi connectivity index (χ0n) is 14.9. The Balaban J connectivity index is 1.66. The van der Waals surface area contributed by atoms with Gasteiger partial charge in [0.2, 0.25) is 0 Å². The smallest absolute Gasteiger partial charge is 0.0175 e. The lowest BCUT2D eigenvalue weighted by molar-refractivity contribution is 0.351. The van der Waals surface area contributed by atoms with Crippen molar-refractivity contribution in [1.29, 1.82) is 0 Å². The molecule has 3 heteroatoms. The molecule has 1 saturated carbocycles. The van der Waals surface area contributed by atoms with E-state index >= 15 is 0 Å². The fourth-order valence-electron chi connectivity index (χ4n) is 4.34. The molecule has 3 atom stereocenters. The molecule has 0 amide bonds. The normalized spacial score (nSPS) is 22.6. The van der Waals surface area contributed by atoms with E-state index in [0.29, 0.717) is 17.8 Å². The van der Waals surface area contributed by atoms with Crippen LogP contribution in [-0.4, -0.2) is 0 Å². The van der Waals surface area contributed by atoms with Crippen LogP contribution in [0.25, 0.3) is 0 Å². The molecule has 0 nitrogen and oxygen atoms in total. The van der Waals surface area contributed by atoms with Gasteiger partial charge in [-0.1, -0.05) is 68.3 Å². The van der Waals surface area contributed by atoms with Crippen molar-refractivity contribution in [2.45, 2.75) is 37.0 Å². The maximum atomic E-state index is 3.57. The minimum atomic E-state index is 0.602. The summed E-state index contributed by atoms with van der Waals surface area (Å²) in [6.07, 6.45) is 3.69. The Labute approximate surface area is 192 Å². The molecule has 0 bridgehead atoms. The quantitative estimate of drug-likeness (QED) is 0.266. The van der Waals surface area contributed by atoms with E-state index in [1.54, 1.807) is 0 Å². The highest BCUT2D eigenvalue weighted by molar-refractivity contribution is 14.1. The van der Waals surface area contributed by atoms with Gasteiger partial charge in [-0.15, -0.1) is 0 Å². The average Bonchev–Trinajstić information content (AvgIpc) is 2.69. The highest BCUT2D eigenvalue weighted by Gasteiger charge is 2.31. The van der Waals surface area contributed by atoms with Crippen molar-refractivity contribution in [2.24, 2.45) is 0 Å². The van der Waals surface area contributed by atoms with Gasteiger partial charge in [0.1, 0.15) is 0 Å². The van der Waals surface area contributed by atoms with Crippen LogP contribution in [0, 0.1) is 3.57 Å². The van der Waals surface area contributed by atoms with Crippen LogP contribution >= 0.6 is 54.5 Å². The molecule has 3 aromatic rings. The lowest BCUT2D eigenvalue weighted by Crippen LogP contribution is -2.19. The summed E-state index contributed by atoms with van der Waals surface area (Å²) in [5.74, 6) is 1.81. The molecule has 4 rings (SSSR count). The van der Waals surface area contributed by atoms with Crippen LogP contribution in [0.3, 0.4) is 0 Å². The van der Waals surface area contributed by atoms with Crippen molar-refractivity contribution in [1.82, 2.24) is 0 Å². The van der Waals surface area contributed by atoms with Crippen LogP contribution in [0.5, 0.6) is 0 Å². The first-order valence-electron chi connectivity index (χ1n) is 9.35. The van der Waals surface area contributed by atoms with Gasteiger partial charge >= 0.3 is 0 Å². The Hall–Kier alpha value is -0.650. The van der Waals surface area contributed by atoms with Crippen molar-refractivity contribution >= 4 is 54.5 Å². The molecule has 0 spiro atoms. The molecule has 0 heterocycles. The third kappa shape index (κ3) is 4.86. The Bertz CT molecular complexity index is 757. The Morgan fingerprint density at radius 1 is 0.519 bits per heavy atom. The van der Waals surface area contributed by atoms with Crippen molar-refractivity contribution in [3.8, 4) is 0 Å². The first kappa shape index (κ1) is 19.7. The summed E-state index contributed by atoms with van der Waals surface area (Å²) in [6.45, 7) is 0. The fraction of sp³-hybridized carbons (Fsp3) is 0.250. The predicted octanol–water partition coefficient (Wildman–Crippen LogP) is 8.65. The monoisotopic (exact) mass is 594 g/mol. The summed E-state index contributed by atoms with van der Waals surface area (Å²) in [5.41, 5.74) is 4.42. The van der Waals surface area contributed by atoms with E-state index in [-0.39, 0.29) is 0 Å². The van der Waals surface area contributed by atoms with Gasteiger partial charge < -0.3 is 0 Å². The first-order chi connectivity index (χ1) is 13.1. The number of hydrogen-bond acceptors (Lipinski definition) is 0. The molecule has 2 unspecified atom stereocenters. The van der Waals surface area contributed by atoms with E-state index in [2.05, 4.69) is 127 Å². The second-order valence-corrected chi connectivity index (χ2v) is 10.5. The maximum absolute atomic E-state index is 3.57. The van der Waals surface area contributed by atoms with Gasteiger partial charge in [0.25, 0.3) is 0 Å². The molecule has 0 aliphatic heterocycles. The Kier molecular flexibility index (Phi) is 6.40. The van der Waals surface area contributed by atoms with Crippen LogP contribution in [0.1, 0.15) is 53.7 Å². The molecule has 0 N–H and O–H groups in total. The van der Waals surface area contributed by atoms with E-state index in [4.69, 9.17) is 0 Å². The lowest BCUT2D eigenvalue weighted by Gasteiger charge is -2.36. The second-order valence-electron chi connectivity index (χ2n) is 7.45. The molecule has 0 saturated heterocycles. The topological polar surface area (TPSA) is 0 Å². The molecule has 3 aromatic carbocycles. The molecule has 138 valence electrons. The molecule has 1 aliphatic rings. The Morgan fingerprint density at radius 2 is 0.815 bits per heavy atom. The minimum absolute atomic E-state index is 0.602.